The van der Waals surface area contributed by atoms with Crippen molar-refractivity contribution in [2.75, 3.05) is 26.7 Å². The Morgan fingerprint density at radius 2 is 1.85 bits per heavy atom. The second-order valence-electron chi connectivity index (χ2n) is 3.79. The Balaban J connectivity index is 3.65. The van der Waals surface area contributed by atoms with Crippen LogP contribution in [0.5, 0.6) is 0 Å². The number of nitrogens with zero attached hydrogens (tertiary/aromatic N) is 1. The fourth-order valence-electron chi connectivity index (χ4n) is 1.46. The summed E-state index contributed by atoms with van der Waals surface area (Å²) in [5.41, 5.74) is 0. The van der Waals surface area contributed by atoms with Gasteiger partial charge in [-0.1, -0.05) is 27.2 Å². The third-order valence-corrected chi connectivity index (χ3v) is 2.39. The van der Waals surface area contributed by atoms with Crippen LogP contribution in [0.25, 0.3) is 0 Å². The molecule has 2 nitrogen and oxygen atoms in total. The fraction of sp³-hybridized carbons (Fsp3) is 1.00. The first kappa shape index (κ1) is 12.9. The molecular weight excluding hydrogens is 160 g/mol. The van der Waals surface area contributed by atoms with Crippen LogP contribution in [-0.4, -0.2) is 37.6 Å². The molecule has 0 aromatic rings. The standard InChI is InChI=1S/C11H26N2/c1-5-8-11(12-9-6-2)10-13(4)7-3/h11-12H,5-10H2,1-4H3. The molecule has 0 aromatic heterocycles. The third kappa shape index (κ3) is 7.03. The Labute approximate surface area is 83.7 Å². The maximum atomic E-state index is 3.59. The lowest BCUT2D eigenvalue weighted by atomic mass is 10.1. The predicted octanol–water partition coefficient (Wildman–Crippen LogP) is 2.11. The van der Waals surface area contributed by atoms with Crippen molar-refractivity contribution in [1.82, 2.24) is 10.2 Å². The van der Waals surface area contributed by atoms with Gasteiger partial charge >= 0.3 is 0 Å². The van der Waals surface area contributed by atoms with Crippen LogP contribution in [0, 0.1) is 0 Å². The van der Waals surface area contributed by atoms with Gasteiger partial charge in [0.1, 0.15) is 0 Å². The Hall–Kier alpha value is -0.0800. The highest BCUT2D eigenvalue weighted by molar-refractivity contribution is 4.69. The lowest BCUT2D eigenvalue weighted by Gasteiger charge is -2.23. The summed E-state index contributed by atoms with van der Waals surface area (Å²) in [7, 11) is 2.19. The maximum Gasteiger partial charge on any atom is 0.0194 e. The van der Waals surface area contributed by atoms with Gasteiger partial charge in [-0.15, -0.1) is 0 Å². The molecule has 1 N–H and O–H groups in total. The summed E-state index contributed by atoms with van der Waals surface area (Å²) >= 11 is 0. The molecule has 0 radical (unpaired) electrons. The minimum Gasteiger partial charge on any atom is -0.313 e. The van der Waals surface area contributed by atoms with Crippen molar-refractivity contribution in [1.29, 1.82) is 0 Å². The van der Waals surface area contributed by atoms with Gasteiger partial charge in [0.2, 0.25) is 0 Å². The molecule has 1 unspecified atom stereocenters. The van der Waals surface area contributed by atoms with E-state index in [4.69, 9.17) is 0 Å². The van der Waals surface area contributed by atoms with Gasteiger partial charge in [-0.05, 0) is 33.0 Å². The first-order valence-corrected chi connectivity index (χ1v) is 5.66. The third-order valence-electron chi connectivity index (χ3n) is 2.39. The highest BCUT2D eigenvalue weighted by Crippen LogP contribution is 1.99. The summed E-state index contributed by atoms with van der Waals surface area (Å²) in [5.74, 6) is 0. The number of rotatable bonds is 8. The Bertz CT molecular complexity index is 104. The SMILES string of the molecule is CCCNC(CCC)CN(C)CC. The predicted molar refractivity (Wildman–Crippen MR) is 60.2 cm³/mol. The van der Waals surface area contributed by atoms with Crippen LogP contribution in [0.3, 0.4) is 0 Å². The van der Waals surface area contributed by atoms with E-state index < -0.39 is 0 Å². The molecule has 0 saturated carbocycles. The van der Waals surface area contributed by atoms with Gasteiger partial charge in [0.15, 0.2) is 0 Å². The number of likely N-dealkylation sites (N-methyl/N-ethyl adjacent to an activating group) is 1. The average Bonchev–Trinajstić information content (AvgIpc) is 2.14. The first-order chi connectivity index (χ1) is 6.24. The highest BCUT2D eigenvalue weighted by Gasteiger charge is 2.07. The smallest absolute Gasteiger partial charge is 0.0194 e. The molecule has 0 amide bonds. The van der Waals surface area contributed by atoms with Crippen molar-refractivity contribution in [3.8, 4) is 0 Å². The quantitative estimate of drug-likeness (QED) is 0.624. The van der Waals surface area contributed by atoms with Gasteiger partial charge < -0.3 is 10.2 Å². The van der Waals surface area contributed by atoms with Gasteiger partial charge in [-0.25, -0.2) is 0 Å². The average molecular weight is 186 g/mol. The monoisotopic (exact) mass is 186 g/mol. The van der Waals surface area contributed by atoms with Crippen LogP contribution in [0.4, 0.5) is 0 Å². The van der Waals surface area contributed by atoms with E-state index in [0.717, 1.165) is 13.1 Å². The van der Waals surface area contributed by atoms with Crippen molar-refractivity contribution in [3.63, 3.8) is 0 Å². The lowest BCUT2D eigenvalue weighted by molar-refractivity contribution is 0.291. The Kier molecular flexibility index (Phi) is 8.46. The zero-order chi connectivity index (χ0) is 10.1. The van der Waals surface area contributed by atoms with E-state index in [9.17, 15) is 0 Å². The topological polar surface area (TPSA) is 15.3 Å². The molecular formula is C11H26N2. The van der Waals surface area contributed by atoms with Crippen molar-refractivity contribution >= 4 is 0 Å². The summed E-state index contributed by atoms with van der Waals surface area (Å²) in [6.45, 7) is 10.2. The molecule has 0 aliphatic rings. The van der Waals surface area contributed by atoms with Crippen LogP contribution >= 0.6 is 0 Å². The molecule has 0 aliphatic heterocycles. The van der Waals surface area contributed by atoms with Crippen molar-refractivity contribution < 1.29 is 0 Å². The van der Waals surface area contributed by atoms with E-state index in [-0.39, 0.29) is 0 Å². The van der Waals surface area contributed by atoms with E-state index in [1.54, 1.807) is 0 Å². The highest BCUT2D eigenvalue weighted by atomic mass is 15.1. The molecule has 2 heteroatoms. The second kappa shape index (κ2) is 8.52. The molecule has 0 saturated heterocycles. The Morgan fingerprint density at radius 3 is 2.31 bits per heavy atom. The normalized spacial score (nSPS) is 13.6. The van der Waals surface area contributed by atoms with Crippen LogP contribution in [0.15, 0.2) is 0 Å². The largest absolute Gasteiger partial charge is 0.313 e. The van der Waals surface area contributed by atoms with Crippen LogP contribution in [-0.2, 0) is 0 Å². The molecule has 0 bridgehead atoms. The minimum atomic E-state index is 0.690. The van der Waals surface area contributed by atoms with Gasteiger partial charge in [-0.2, -0.15) is 0 Å². The molecule has 0 spiro atoms. The second-order valence-corrected chi connectivity index (χ2v) is 3.79. The molecule has 0 fully saturated rings. The van der Waals surface area contributed by atoms with Gasteiger partial charge in [0.05, 0.1) is 0 Å². The molecule has 0 aliphatic carbocycles. The van der Waals surface area contributed by atoms with Crippen LogP contribution in [0.2, 0.25) is 0 Å². The molecule has 1 atom stereocenters. The van der Waals surface area contributed by atoms with E-state index in [2.05, 4.69) is 38.0 Å². The maximum absolute atomic E-state index is 3.59. The van der Waals surface area contributed by atoms with Gasteiger partial charge in [0, 0.05) is 12.6 Å². The molecule has 0 heterocycles. The zero-order valence-corrected chi connectivity index (χ0v) is 9.77. The summed E-state index contributed by atoms with van der Waals surface area (Å²) < 4.78 is 0. The number of hydrogen-bond acceptors (Lipinski definition) is 2. The lowest BCUT2D eigenvalue weighted by Crippen LogP contribution is -2.39. The van der Waals surface area contributed by atoms with E-state index >= 15 is 0 Å². The summed E-state index contributed by atoms with van der Waals surface area (Å²) in [6.07, 6.45) is 3.80. The van der Waals surface area contributed by atoms with Gasteiger partial charge in [0.25, 0.3) is 0 Å². The van der Waals surface area contributed by atoms with E-state index in [1.165, 1.54) is 25.8 Å². The summed E-state index contributed by atoms with van der Waals surface area (Å²) in [5, 5.41) is 3.59. The number of hydrogen-bond donors (Lipinski definition) is 1. The molecule has 80 valence electrons. The van der Waals surface area contributed by atoms with Crippen molar-refractivity contribution in [2.45, 2.75) is 46.1 Å². The van der Waals surface area contributed by atoms with Crippen molar-refractivity contribution in [3.05, 3.63) is 0 Å². The number of nitrogens with one attached hydrogen (secondary N) is 1. The van der Waals surface area contributed by atoms with Crippen LogP contribution < -0.4 is 5.32 Å². The summed E-state index contributed by atoms with van der Waals surface area (Å²) in [4.78, 5) is 2.38. The zero-order valence-electron chi connectivity index (χ0n) is 9.77. The van der Waals surface area contributed by atoms with Gasteiger partial charge in [-0.3, -0.25) is 0 Å². The van der Waals surface area contributed by atoms with E-state index in [0.29, 0.717) is 6.04 Å². The molecule has 0 aromatic carbocycles. The fourth-order valence-corrected chi connectivity index (χ4v) is 1.46. The molecule has 0 rings (SSSR count). The molecule has 13 heavy (non-hydrogen) atoms. The van der Waals surface area contributed by atoms with Crippen LogP contribution in [0.1, 0.15) is 40.0 Å². The minimum absolute atomic E-state index is 0.690. The summed E-state index contributed by atoms with van der Waals surface area (Å²) in [6, 6.07) is 0.690. The van der Waals surface area contributed by atoms with E-state index in [1.807, 2.05) is 0 Å². The first-order valence-electron chi connectivity index (χ1n) is 5.66. The Morgan fingerprint density at radius 1 is 1.15 bits per heavy atom. The van der Waals surface area contributed by atoms with Crippen molar-refractivity contribution in [2.24, 2.45) is 0 Å².